The zero-order chi connectivity index (χ0) is 14.0. The van der Waals surface area contributed by atoms with Crippen LogP contribution in [0.1, 0.15) is 48.0 Å². The average molecular weight is 293 g/mol. The van der Waals surface area contributed by atoms with Crippen LogP contribution >= 0.6 is 22.9 Å². The zero-order valence-electron chi connectivity index (χ0n) is 11.4. The third-order valence-corrected chi connectivity index (χ3v) is 4.98. The molecule has 19 heavy (non-hydrogen) atoms. The van der Waals surface area contributed by atoms with Crippen molar-refractivity contribution in [1.82, 2.24) is 0 Å². The molecule has 1 aromatic heterocycles. The number of hydrogen-bond acceptors (Lipinski definition) is 2. The molecule has 0 saturated heterocycles. The summed E-state index contributed by atoms with van der Waals surface area (Å²) < 4.78 is 0. The number of thiophene rings is 1. The molecule has 0 unspecified atom stereocenters. The molecule has 0 aliphatic carbocycles. The monoisotopic (exact) mass is 292 g/mol. The number of halogens is 1. The van der Waals surface area contributed by atoms with Crippen molar-refractivity contribution in [3.05, 3.63) is 56.7 Å². The number of benzene rings is 1. The Kier molecular flexibility index (Phi) is 4.12. The van der Waals surface area contributed by atoms with Gasteiger partial charge in [-0.3, -0.25) is 4.79 Å². The van der Waals surface area contributed by atoms with Crippen LogP contribution in [0.15, 0.2) is 35.7 Å². The third kappa shape index (κ3) is 2.90. The van der Waals surface area contributed by atoms with E-state index >= 15 is 0 Å². The summed E-state index contributed by atoms with van der Waals surface area (Å²) in [4.78, 5) is 12.9. The van der Waals surface area contributed by atoms with Crippen molar-refractivity contribution in [1.29, 1.82) is 0 Å². The molecule has 0 amide bonds. The van der Waals surface area contributed by atoms with Gasteiger partial charge in [-0.2, -0.15) is 0 Å². The highest BCUT2D eigenvalue weighted by Crippen LogP contribution is 2.28. The SMILES string of the molecule is CCC(C)(C)c1ccc(C(=O)c2sccc2Cl)cc1. The molecule has 1 nitrogen and oxygen atoms in total. The van der Waals surface area contributed by atoms with Crippen molar-refractivity contribution in [2.75, 3.05) is 0 Å². The second-order valence-corrected chi connectivity index (χ2v) is 6.56. The summed E-state index contributed by atoms with van der Waals surface area (Å²) in [5, 5.41) is 2.37. The molecule has 0 bridgehead atoms. The second kappa shape index (κ2) is 5.48. The molecule has 0 radical (unpaired) electrons. The van der Waals surface area contributed by atoms with E-state index in [1.807, 2.05) is 29.6 Å². The summed E-state index contributed by atoms with van der Waals surface area (Å²) in [5.41, 5.74) is 2.09. The van der Waals surface area contributed by atoms with E-state index in [0.717, 1.165) is 6.42 Å². The fraction of sp³-hybridized carbons (Fsp3) is 0.312. The van der Waals surface area contributed by atoms with Gasteiger partial charge in [-0.15, -0.1) is 11.3 Å². The maximum absolute atomic E-state index is 12.3. The molecule has 2 rings (SSSR count). The molecule has 0 fully saturated rings. The molecule has 3 heteroatoms. The molecule has 0 atom stereocenters. The van der Waals surface area contributed by atoms with Gasteiger partial charge in [0.05, 0.1) is 9.90 Å². The summed E-state index contributed by atoms with van der Waals surface area (Å²) in [7, 11) is 0. The Morgan fingerprint density at radius 1 is 1.21 bits per heavy atom. The van der Waals surface area contributed by atoms with Crippen LogP contribution in [0.3, 0.4) is 0 Å². The maximum Gasteiger partial charge on any atom is 0.204 e. The molecular formula is C16H17ClOS. The lowest BCUT2D eigenvalue weighted by molar-refractivity contribution is 0.104. The topological polar surface area (TPSA) is 17.1 Å². The highest BCUT2D eigenvalue weighted by molar-refractivity contribution is 7.13. The molecule has 0 spiro atoms. The van der Waals surface area contributed by atoms with E-state index in [9.17, 15) is 4.79 Å². The summed E-state index contributed by atoms with van der Waals surface area (Å²) in [5.74, 6) is 0.000791. The lowest BCUT2D eigenvalue weighted by atomic mass is 9.82. The quantitative estimate of drug-likeness (QED) is 0.697. The number of carbonyl (C=O) groups excluding carboxylic acids is 1. The molecule has 0 aliphatic heterocycles. The maximum atomic E-state index is 12.3. The number of ketones is 1. The lowest BCUT2D eigenvalue weighted by Gasteiger charge is -2.23. The van der Waals surface area contributed by atoms with Gasteiger partial charge in [0.1, 0.15) is 0 Å². The summed E-state index contributed by atoms with van der Waals surface area (Å²) in [6.07, 6.45) is 1.07. The fourth-order valence-electron chi connectivity index (χ4n) is 1.86. The normalized spacial score (nSPS) is 11.6. The van der Waals surface area contributed by atoms with Gasteiger partial charge in [0, 0.05) is 5.56 Å². The van der Waals surface area contributed by atoms with Gasteiger partial charge >= 0.3 is 0 Å². The number of carbonyl (C=O) groups is 1. The molecule has 2 aromatic rings. The second-order valence-electron chi connectivity index (χ2n) is 5.24. The Morgan fingerprint density at radius 2 is 1.84 bits per heavy atom. The standard InChI is InChI=1S/C16H17ClOS/c1-4-16(2,3)12-7-5-11(6-8-12)14(18)15-13(17)9-10-19-15/h5-10H,4H2,1-3H3. The van der Waals surface area contributed by atoms with Crippen LogP contribution in [-0.2, 0) is 5.41 Å². The molecule has 1 aromatic carbocycles. The zero-order valence-corrected chi connectivity index (χ0v) is 12.9. The van der Waals surface area contributed by atoms with Crippen molar-refractivity contribution in [2.45, 2.75) is 32.6 Å². The van der Waals surface area contributed by atoms with Crippen LogP contribution in [0.4, 0.5) is 0 Å². The van der Waals surface area contributed by atoms with Crippen molar-refractivity contribution in [3.63, 3.8) is 0 Å². The predicted octanol–water partition coefficient (Wildman–Crippen LogP) is 5.32. The van der Waals surface area contributed by atoms with Crippen molar-refractivity contribution < 1.29 is 4.79 Å². The van der Waals surface area contributed by atoms with Crippen LogP contribution in [0.5, 0.6) is 0 Å². The smallest absolute Gasteiger partial charge is 0.204 e. The number of hydrogen-bond donors (Lipinski definition) is 0. The van der Waals surface area contributed by atoms with Crippen molar-refractivity contribution in [3.8, 4) is 0 Å². The Morgan fingerprint density at radius 3 is 2.32 bits per heavy atom. The summed E-state index contributed by atoms with van der Waals surface area (Å²) in [6, 6.07) is 9.63. The van der Waals surface area contributed by atoms with Gasteiger partial charge in [-0.1, -0.05) is 56.6 Å². The highest BCUT2D eigenvalue weighted by atomic mass is 35.5. The van der Waals surface area contributed by atoms with E-state index in [2.05, 4.69) is 20.8 Å². The minimum atomic E-state index is 0.000791. The van der Waals surface area contributed by atoms with Crippen LogP contribution < -0.4 is 0 Å². The van der Waals surface area contributed by atoms with Gasteiger partial charge in [0.2, 0.25) is 5.78 Å². The van der Waals surface area contributed by atoms with Crippen LogP contribution in [-0.4, -0.2) is 5.78 Å². The van der Waals surface area contributed by atoms with E-state index in [0.29, 0.717) is 15.5 Å². The molecule has 100 valence electrons. The highest BCUT2D eigenvalue weighted by Gasteiger charge is 2.19. The molecule has 0 aliphatic rings. The Hall–Kier alpha value is -1.12. The molecule has 0 N–H and O–H groups in total. The summed E-state index contributed by atoms with van der Waals surface area (Å²) in [6.45, 7) is 6.59. The Balaban J connectivity index is 2.29. The van der Waals surface area contributed by atoms with Crippen LogP contribution in [0, 0.1) is 0 Å². The van der Waals surface area contributed by atoms with Gasteiger partial charge < -0.3 is 0 Å². The minimum Gasteiger partial charge on any atom is -0.288 e. The van der Waals surface area contributed by atoms with Gasteiger partial charge in [-0.25, -0.2) is 0 Å². The Bertz CT molecular complexity index is 581. The first kappa shape index (κ1) is 14.3. The lowest BCUT2D eigenvalue weighted by Crippen LogP contribution is -2.15. The Labute approximate surface area is 123 Å². The van der Waals surface area contributed by atoms with E-state index in [1.165, 1.54) is 16.9 Å². The van der Waals surface area contributed by atoms with E-state index in [1.54, 1.807) is 6.07 Å². The average Bonchev–Trinajstić information content (AvgIpc) is 2.84. The van der Waals surface area contributed by atoms with Crippen LogP contribution in [0.25, 0.3) is 0 Å². The first-order valence-corrected chi connectivity index (χ1v) is 7.59. The molecule has 1 heterocycles. The number of rotatable bonds is 4. The van der Waals surface area contributed by atoms with E-state index in [-0.39, 0.29) is 11.2 Å². The first-order chi connectivity index (χ1) is 8.95. The fourth-order valence-corrected chi connectivity index (χ4v) is 2.97. The summed E-state index contributed by atoms with van der Waals surface area (Å²) >= 11 is 7.39. The van der Waals surface area contributed by atoms with Gasteiger partial charge in [0.15, 0.2) is 0 Å². The van der Waals surface area contributed by atoms with Crippen LogP contribution in [0.2, 0.25) is 5.02 Å². The molecular weight excluding hydrogens is 276 g/mol. The third-order valence-electron chi connectivity index (χ3n) is 3.64. The minimum absolute atomic E-state index is 0.000791. The van der Waals surface area contributed by atoms with E-state index < -0.39 is 0 Å². The van der Waals surface area contributed by atoms with E-state index in [4.69, 9.17) is 11.6 Å². The predicted molar refractivity (Wildman–Crippen MR) is 82.5 cm³/mol. The largest absolute Gasteiger partial charge is 0.288 e. The molecule has 0 saturated carbocycles. The first-order valence-electron chi connectivity index (χ1n) is 6.34. The van der Waals surface area contributed by atoms with Gasteiger partial charge in [-0.05, 0) is 28.8 Å². The van der Waals surface area contributed by atoms with Crippen molar-refractivity contribution >= 4 is 28.7 Å². The van der Waals surface area contributed by atoms with Gasteiger partial charge in [0.25, 0.3) is 0 Å². The van der Waals surface area contributed by atoms with Crippen molar-refractivity contribution in [2.24, 2.45) is 0 Å².